The second-order valence-corrected chi connectivity index (χ2v) is 4.13. The Bertz CT molecular complexity index is 469. The predicted octanol–water partition coefficient (Wildman–Crippen LogP) is 3.22. The Hall–Kier alpha value is -1.31. The van der Waals surface area contributed by atoms with Crippen molar-refractivity contribution >= 4 is 11.0 Å². The number of hydrogen-bond acceptors (Lipinski definition) is 1. The van der Waals surface area contributed by atoms with Crippen LogP contribution in [0.3, 0.4) is 0 Å². The van der Waals surface area contributed by atoms with Crippen LogP contribution in [-0.4, -0.2) is 9.55 Å². The molecule has 0 aliphatic heterocycles. The number of fused-ring (bicyclic) bond motifs is 1. The second-order valence-electron chi connectivity index (χ2n) is 4.13. The molecule has 0 aliphatic rings. The molecule has 0 atom stereocenters. The highest BCUT2D eigenvalue weighted by molar-refractivity contribution is 5.79. The van der Waals surface area contributed by atoms with Crippen molar-refractivity contribution in [2.45, 2.75) is 33.1 Å². The molecule has 0 aliphatic carbocycles. The number of rotatable bonds is 3. The fourth-order valence-corrected chi connectivity index (χ4v) is 1.96. The molecular weight excluding hydrogens is 184 g/mol. The maximum atomic E-state index is 4.71. The van der Waals surface area contributed by atoms with Crippen LogP contribution in [0.25, 0.3) is 11.0 Å². The van der Waals surface area contributed by atoms with Crippen molar-refractivity contribution in [1.82, 2.24) is 9.55 Å². The van der Waals surface area contributed by atoms with E-state index >= 15 is 0 Å². The molecule has 0 radical (unpaired) electrons. The van der Waals surface area contributed by atoms with Crippen LogP contribution in [0.5, 0.6) is 0 Å². The number of aromatic nitrogens is 2. The van der Waals surface area contributed by atoms with E-state index in [2.05, 4.69) is 43.7 Å². The van der Waals surface area contributed by atoms with Gasteiger partial charge in [0, 0.05) is 13.5 Å². The highest BCUT2D eigenvalue weighted by atomic mass is 15.1. The highest BCUT2D eigenvalue weighted by Gasteiger charge is 2.07. The Labute approximate surface area is 90.9 Å². The van der Waals surface area contributed by atoms with E-state index in [0.717, 1.165) is 11.9 Å². The number of aryl methyl sites for hydroxylation is 3. The van der Waals surface area contributed by atoms with Gasteiger partial charge in [-0.3, -0.25) is 0 Å². The lowest BCUT2D eigenvalue weighted by atomic mass is 10.2. The lowest BCUT2D eigenvalue weighted by Gasteiger charge is -2.00. The van der Waals surface area contributed by atoms with Crippen molar-refractivity contribution in [3.63, 3.8) is 0 Å². The first kappa shape index (κ1) is 10.2. The largest absolute Gasteiger partial charge is 0.331 e. The van der Waals surface area contributed by atoms with E-state index in [9.17, 15) is 0 Å². The van der Waals surface area contributed by atoms with Crippen molar-refractivity contribution in [3.05, 3.63) is 29.6 Å². The molecule has 0 saturated heterocycles. The van der Waals surface area contributed by atoms with Crippen molar-refractivity contribution in [1.29, 1.82) is 0 Å². The Balaban J connectivity index is 2.49. The molecule has 1 heterocycles. The van der Waals surface area contributed by atoms with E-state index < -0.39 is 0 Å². The van der Waals surface area contributed by atoms with Gasteiger partial charge in [0.05, 0.1) is 11.0 Å². The van der Waals surface area contributed by atoms with Crippen LogP contribution >= 0.6 is 0 Å². The predicted molar refractivity (Wildman–Crippen MR) is 64.1 cm³/mol. The number of benzene rings is 1. The van der Waals surface area contributed by atoms with Crippen molar-refractivity contribution in [2.75, 3.05) is 0 Å². The SMILES string of the molecule is CCCCc1nc2c(C)cccc2n1C. The fraction of sp³-hybridized carbons (Fsp3) is 0.462. The van der Waals surface area contributed by atoms with Crippen LogP contribution in [0.1, 0.15) is 31.2 Å². The van der Waals surface area contributed by atoms with E-state index in [-0.39, 0.29) is 0 Å². The molecule has 2 aromatic rings. The fourth-order valence-electron chi connectivity index (χ4n) is 1.96. The molecule has 2 nitrogen and oxygen atoms in total. The van der Waals surface area contributed by atoms with Crippen LogP contribution < -0.4 is 0 Å². The Morgan fingerprint density at radius 3 is 2.80 bits per heavy atom. The van der Waals surface area contributed by atoms with E-state index in [1.54, 1.807) is 0 Å². The maximum Gasteiger partial charge on any atom is 0.109 e. The summed E-state index contributed by atoms with van der Waals surface area (Å²) in [6, 6.07) is 6.37. The number of hydrogen-bond donors (Lipinski definition) is 0. The third kappa shape index (κ3) is 1.76. The Morgan fingerprint density at radius 1 is 1.33 bits per heavy atom. The number of imidazole rings is 1. The lowest BCUT2D eigenvalue weighted by molar-refractivity contribution is 0.720. The molecule has 0 amide bonds. The highest BCUT2D eigenvalue weighted by Crippen LogP contribution is 2.19. The summed E-state index contributed by atoms with van der Waals surface area (Å²) in [5.74, 6) is 1.21. The van der Waals surface area contributed by atoms with Gasteiger partial charge >= 0.3 is 0 Å². The molecule has 0 spiro atoms. The number of nitrogens with zero attached hydrogens (tertiary/aromatic N) is 2. The van der Waals surface area contributed by atoms with Gasteiger partial charge < -0.3 is 4.57 Å². The zero-order chi connectivity index (χ0) is 10.8. The zero-order valence-corrected chi connectivity index (χ0v) is 9.75. The quantitative estimate of drug-likeness (QED) is 0.747. The molecule has 80 valence electrons. The maximum absolute atomic E-state index is 4.71. The lowest BCUT2D eigenvalue weighted by Crippen LogP contribution is -1.97. The van der Waals surface area contributed by atoms with Crippen LogP contribution in [0.15, 0.2) is 18.2 Å². The van der Waals surface area contributed by atoms with Gasteiger partial charge in [0.2, 0.25) is 0 Å². The van der Waals surface area contributed by atoms with Crippen molar-refractivity contribution in [2.24, 2.45) is 7.05 Å². The average molecular weight is 202 g/mol. The van der Waals surface area contributed by atoms with Gasteiger partial charge in [-0.2, -0.15) is 0 Å². The molecule has 15 heavy (non-hydrogen) atoms. The van der Waals surface area contributed by atoms with Gasteiger partial charge in [-0.25, -0.2) is 4.98 Å². The first-order valence-electron chi connectivity index (χ1n) is 5.65. The van der Waals surface area contributed by atoms with Crippen molar-refractivity contribution in [3.8, 4) is 0 Å². The van der Waals surface area contributed by atoms with Gasteiger partial charge in [-0.05, 0) is 25.0 Å². The minimum Gasteiger partial charge on any atom is -0.331 e. The number of unbranched alkanes of at least 4 members (excludes halogenated alkanes) is 1. The Kier molecular flexibility index (Phi) is 2.76. The van der Waals surface area contributed by atoms with Crippen LogP contribution in [0.2, 0.25) is 0 Å². The summed E-state index contributed by atoms with van der Waals surface area (Å²) in [6.07, 6.45) is 3.53. The van der Waals surface area contributed by atoms with Crippen LogP contribution in [0, 0.1) is 6.92 Å². The third-order valence-electron chi connectivity index (χ3n) is 2.96. The summed E-state index contributed by atoms with van der Waals surface area (Å²) in [5.41, 5.74) is 3.68. The normalized spacial score (nSPS) is 11.1. The molecule has 1 aromatic heterocycles. The summed E-state index contributed by atoms with van der Waals surface area (Å²) in [4.78, 5) is 4.71. The molecule has 0 saturated carbocycles. The summed E-state index contributed by atoms with van der Waals surface area (Å²) in [5, 5.41) is 0. The standard InChI is InChI=1S/C13H18N2/c1-4-5-9-12-14-13-10(2)7-6-8-11(13)15(12)3/h6-8H,4-5,9H2,1-3H3. The first-order valence-corrected chi connectivity index (χ1v) is 5.65. The van der Waals surface area contributed by atoms with Crippen LogP contribution in [-0.2, 0) is 13.5 Å². The Morgan fingerprint density at radius 2 is 2.13 bits per heavy atom. The topological polar surface area (TPSA) is 17.8 Å². The number of para-hydroxylation sites is 1. The molecule has 2 heteroatoms. The molecule has 0 N–H and O–H groups in total. The van der Waals surface area contributed by atoms with Gasteiger partial charge in [0.1, 0.15) is 5.82 Å². The summed E-state index contributed by atoms with van der Waals surface area (Å²) < 4.78 is 2.22. The molecule has 1 aromatic carbocycles. The van der Waals surface area contributed by atoms with Gasteiger partial charge in [0.25, 0.3) is 0 Å². The van der Waals surface area contributed by atoms with Gasteiger partial charge in [0.15, 0.2) is 0 Å². The average Bonchev–Trinajstić information content (AvgIpc) is 2.55. The van der Waals surface area contributed by atoms with Crippen molar-refractivity contribution < 1.29 is 0 Å². The first-order chi connectivity index (χ1) is 7.24. The molecule has 0 unspecified atom stereocenters. The van der Waals surface area contributed by atoms with Gasteiger partial charge in [-0.15, -0.1) is 0 Å². The van der Waals surface area contributed by atoms with E-state index in [4.69, 9.17) is 4.98 Å². The minimum absolute atomic E-state index is 1.08. The van der Waals surface area contributed by atoms with E-state index in [0.29, 0.717) is 0 Å². The zero-order valence-electron chi connectivity index (χ0n) is 9.75. The third-order valence-corrected chi connectivity index (χ3v) is 2.96. The van der Waals surface area contributed by atoms with E-state index in [1.165, 1.54) is 29.7 Å². The summed E-state index contributed by atoms with van der Waals surface area (Å²) >= 11 is 0. The molecule has 0 fully saturated rings. The summed E-state index contributed by atoms with van der Waals surface area (Å²) in [6.45, 7) is 4.34. The smallest absolute Gasteiger partial charge is 0.109 e. The van der Waals surface area contributed by atoms with Crippen LogP contribution in [0.4, 0.5) is 0 Å². The summed E-state index contributed by atoms with van der Waals surface area (Å²) in [7, 11) is 2.11. The molecule has 0 bridgehead atoms. The van der Waals surface area contributed by atoms with E-state index in [1.807, 2.05) is 0 Å². The second kappa shape index (κ2) is 4.05. The monoisotopic (exact) mass is 202 g/mol. The van der Waals surface area contributed by atoms with Gasteiger partial charge in [-0.1, -0.05) is 25.5 Å². The molecule has 2 rings (SSSR count). The minimum atomic E-state index is 1.08. The molecular formula is C13H18N2.